The summed E-state index contributed by atoms with van der Waals surface area (Å²) in [6, 6.07) is 10.2. The molecule has 0 saturated carbocycles. The van der Waals surface area contributed by atoms with Crippen molar-refractivity contribution >= 4 is 17.2 Å². The fourth-order valence-corrected chi connectivity index (χ4v) is 3.10. The molecule has 0 spiro atoms. The quantitative estimate of drug-likeness (QED) is 0.938. The average Bonchev–Trinajstić information content (AvgIpc) is 3.09. The number of nitrogens with one attached hydrogen (secondary N) is 1. The maximum Gasteiger partial charge on any atom is 0.261 e. The molecule has 0 fully saturated rings. The zero-order chi connectivity index (χ0) is 13.9. The Morgan fingerprint density at radius 2 is 2.35 bits per heavy atom. The third kappa shape index (κ3) is 2.85. The van der Waals surface area contributed by atoms with E-state index in [9.17, 15) is 4.79 Å². The van der Waals surface area contributed by atoms with Crippen LogP contribution in [0.5, 0.6) is 5.75 Å². The van der Waals surface area contributed by atoms with Crippen molar-refractivity contribution < 1.29 is 9.53 Å². The Balaban J connectivity index is 1.61. The number of carbonyl (C=O) groups is 1. The van der Waals surface area contributed by atoms with Gasteiger partial charge in [-0.05, 0) is 42.0 Å². The number of ether oxygens (including phenoxy) is 1. The molecule has 1 N–H and O–H groups in total. The lowest BCUT2D eigenvalue weighted by Crippen LogP contribution is -2.33. The molecule has 4 heteroatoms. The summed E-state index contributed by atoms with van der Waals surface area (Å²) in [5, 5.41) is 4.96. The second kappa shape index (κ2) is 5.67. The summed E-state index contributed by atoms with van der Waals surface area (Å²) in [5.41, 5.74) is 2.52. The van der Waals surface area contributed by atoms with Gasteiger partial charge in [-0.15, -0.1) is 11.3 Å². The van der Waals surface area contributed by atoms with Gasteiger partial charge in [0.1, 0.15) is 5.75 Å². The Labute approximate surface area is 122 Å². The van der Waals surface area contributed by atoms with Gasteiger partial charge in [0.05, 0.1) is 11.5 Å². The predicted octanol–water partition coefficient (Wildman–Crippen LogP) is 3.04. The van der Waals surface area contributed by atoms with E-state index in [-0.39, 0.29) is 11.9 Å². The van der Waals surface area contributed by atoms with Crippen molar-refractivity contribution in [2.24, 2.45) is 0 Å². The van der Waals surface area contributed by atoms with Gasteiger partial charge in [-0.2, -0.15) is 0 Å². The molecule has 20 heavy (non-hydrogen) atoms. The van der Waals surface area contributed by atoms with E-state index in [2.05, 4.69) is 17.4 Å². The van der Waals surface area contributed by atoms with Crippen molar-refractivity contribution in [2.45, 2.75) is 25.8 Å². The topological polar surface area (TPSA) is 38.3 Å². The van der Waals surface area contributed by atoms with Crippen LogP contribution in [-0.4, -0.2) is 18.6 Å². The fourth-order valence-electron chi connectivity index (χ4n) is 2.47. The highest BCUT2D eigenvalue weighted by Gasteiger charge is 2.14. The highest BCUT2D eigenvalue weighted by molar-refractivity contribution is 7.12. The van der Waals surface area contributed by atoms with E-state index in [0.29, 0.717) is 0 Å². The lowest BCUT2D eigenvalue weighted by molar-refractivity contribution is 0.0944. The third-order valence-electron chi connectivity index (χ3n) is 3.42. The summed E-state index contributed by atoms with van der Waals surface area (Å²) in [5.74, 6) is 1.01. The van der Waals surface area contributed by atoms with Gasteiger partial charge in [0.25, 0.3) is 5.91 Å². The van der Waals surface area contributed by atoms with Crippen LogP contribution in [0.4, 0.5) is 0 Å². The molecule has 2 heterocycles. The highest BCUT2D eigenvalue weighted by atomic mass is 32.1. The number of amides is 1. The largest absolute Gasteiger partial charge is 0.493 e. The monoisotopic (exact) mass is 287 g/mol. The summed E-state index contributed by atoms with van der Waals surface area (Å²) in [6.07, 6.45) is 1.82. The molecule has 1 atom stereocenters. The van der Waals surface area contributed by atoms with Gasteiger partial charge in [0.2, 0.25) is 0 Å². The molecule has 0 radical (unpaired) electrons. The molecule has 1 aromatic carbocycles. The van der Waals surface area contributed by atoms with Crippen molar-refractivity contribution in [1.82, 2.24) is 5.32 Å². The zero-order valence-electron chi connectivity index (χ0n) is 11.4. The molecule has 0 saturated heterocycles. The first-order valence-corrected chi connectivity index (χ1v) is 7.69. The third-order valence-corrected chi connectivity index (χ3v) is 4.29. The van der Waals surface area contributed by atoms with Crippen LogP contribution >= 0.6 is 11.3 Å². The van der Waals surface area contributed by atoms with Crippen LogP contribution in [0.15, 0.2) is 35.7 Å². The molecule has 1 aliphatic rings. The van der Waals surface area contributed by atoms with Gasteiger partial charge in [-0.1, -0.05) is 18.2 Å². The summed E-state index contributed by atoms with van der Waals surface area (Å²) in [6.45, 7) is 2.82. The molecule has 104 valence electrons. The minimum atomic E-state index is 0.0111. The van der Waals surface area contributed by atoms with Gasteiger partial charge >= 0.3 is 0 Å². The van der Waals surface area contributed by atoms with E-state index in [1.807, 2.05) is 30.5 Å². The maximum absolute atomic E-state index is 12.0. The van der Waals surface area contributed by atoms with E-state index < -0.39 is 0 Å². The first-order chi connectivity index (χ1) is 9.72. The number of rotatable bonds is 4. The van der Waals surface area contributed by atoms with E-state index in [4.69, 9.17) is 4.74 Å². The van der Waals surface area contributed by atoms with Gasteiger partial charge in [0.15, 0.2) is 0 Å². The zero-order valence-corrected chi connectivity index (χ0v) is 12.2. The van der Waals surface area contributed by atoms with Gasteiger partial charge in [0, 0.05) is 12.5 Å². The molecule has 3 nitrogen and oxygen atoms in total. The summed E-state index contributed by atoms with van der Waals surface area (Å²) >= 11 is 1.47. The van der Waals surface area contributed by atoms with Crippen LogP contribution in [-0.2, 0) is 12.8 Å². The molecule has 0 aliphatic carbocycles. The van der Waals surface area contributed by atoms with Crippen LogP contribution in [0, 0.1) is 0 Å². The van der Waals surface area contributed by atoms with Crippen molar-refractivity contribution in [3.05, 3.63) is 51.7 Å². The Morgan fingerprint density at radius 1 is 1.45 bits per heavy atom. The molecule has 1 amide bonds. The molecule has 2 aromatic rings. The van der Waals surface area contributed by atoms with Gasteiger partial charge in [-0.25, -0.2) is 0 Å². The number of benzene rings is 1. The molecule has 0 unspecified atom stereocenters. The molecular formula is C16H17NO2S. The standard InChI is InChI=1S/C16H17NO2S/c1-11(17-16(18)15-3-2-8-20-15)9-12-4-5-14-13(10-12)6-7-19-14/h2-5,8,10-11H,6-7,9H2,1H3,(H,17,18)/t11-/m0/s1. The lowest BCUT2D eigenvalue weighted by Gasteiger charge is -2.14. The van der Waals surface area contributed by atoms with E-state index in [1.165, 1.54) is 22.5 Å². The average molecular weight is 287 g/mol. The van der Waals surface area contributed by atoms with Crippen LogP contribution < -0.4 is 10.1 Å². The normalized spacial score (nSPS) is 14.4. The number of fused-ring (bicyclic) bond motifs is 1. The van der Waals surface area contributed by atoms with Crippen LogP contribution in [0.2, 0.25) is 0 Å². The summed E-state index contributed by atoms with van der Waals surface area (Å²) < 4.78 is 5.50. The Bertz CT molecular complexity index is 607. The van der Waals surface area contributed by atoms with Crippen molar-refractivity contribution in [2.75, 3.05) is 6.61 Å². The van der Waals surface area contributed by atoms with E-state index >= 15 is 0 Å². The predicted molar refractivity (Wildman–Crippen MR) is 80.6 cm³/mol. The maximum atomic E-state index is 12.0. The lowest BCUT2D eigenvalue weighted by atomic mass is 10.0. The van der Waals surface area contributed by atoms with Crippen LogP contribution in [0.3, 0.4) is 0 Å². The first-order valence-electron chi connectivity index (χ1n) is 6.81. The minimum Gasteiger partial charge on any atom is -0.493 e. The van der Waals surface area contributed by atoms with Gasteiger partial charge < -0.3 is 10.1 Å². The Kier molecular flexibility index (Phi) is 3.74. The molecule has 3 rings (SSSR count). The van der Waals surface area contributed by atoms with Crippen LogP contribution in [0.25, 0.3) is 0 Å². The molecule has 1 aliphatic heterocycles. The van der Waals surface area contributed by atoms with Crippen molar-refractivity contribution in [3.63, 3.8) is 0 Å². The molecule has 1 aromatic heterocycles. The fraction of sp³-hybridized carbons (Fsp3) is 0.312. The van der Waals surface area contributed by atoms with Crippen molar-refractivity contribution in [3.8, 4) is 5.75 Å². The van der Waals surface area contributed by atoms with E-state index in [0.717, 1.165) is 30.1 Å². The summed E-state index contributed by atoms with van der Waals surface area (Å²) in [4.78, 5) is 12.7. The van der Waals surface area contributed by atoms with Crippen LogP contribution in [0.1, 0.15) is 27.7 Å². The Hall–Kier alpha value is -1.81. The molecular weight excluding hydrogens is 270 g/mol. The number of carbonyl (C=O) groups excluding carboxylic acids is 1. The minimum absolute atomic E-state index is 0.0111. The SMILES string of the molecule is C[C@@H](Cc1ccc2c(c1)CCO2)NC(=O)c1cccs1. The van der Waals surface area contributed by atoms with Crippen molar-refractivity contribution in [1.29, 1.82) is 0 Å². The van der Waals surface area contributed by atoms with Gasteiger partial charge in [-0.3, -0.25) is 4.79 Å². The summed E-state index contributed by atoms with van der Waals surface area (Å²) in [7, 11) is 0. The second-order valence-electron chi connectivity index (χ2n) is 5.10. The Morgan fingerprint density at radius 3 is 3.15 bits per heavy atom. The highest BCUT2D eigenvalue weighted by Crippen LogP contribution is 2.26. The second-order valence-corrected chi connectivity index (χ2v) is 6.04. The number of thiophene rings is 1. The van der Waals surface area contributed by atoms with E-state index in [1.54, 1.807) is 0 Å². The molecule has 0 bridgehead atoms. The smallest absolute Gasteiger partial charge is 0.261 e. The number of hydrogen-bond acceptors (Lipinski definition) is 3. The number of hydrogen-bond donors (Lipinski definition) is 1. The first kappa shape index (κ1) is 13.2.